The number of aryl methyl sites for hydroxylation is 1. The van der Waals surface area contributed by atoms with Gasteiger partial charge in [0.2, 0.25) is 0 Å². The minimum Gasteiger partial charge on any atom is -0.495 e. The molecule has 2 aromatic carbocycles. The Morgan fingerprint density at radius 3 is 2.79 bits per heavy atom. The lowest BCUT2D eigenvalue weighted by Gasteiger charge is -2.15. The van der Waals surface area contributed by atoms with Crippen molar-refractivity contribution in [3.05, 3.63) is 78.8 Å². The van der Waals surface area contributed by atoms with Crippen LogP contribution in [0, 0.1) is 11.3 Å². The van der Waals surface area contributed by atoms with Gasteiger partial charge in [-0.3, -0.25) is 9.48 Å². The molecule has 8 nitrogen and oxygen atoms in total. The van der Waals surface area contributed by atoms with Crippen LogP contribution in [0.15, 0.2) is 73.1 Å². The van der Waals surface area contributed by atoms with Crippen LogP contribution in [0.2, 0.25) is 0 Å². The highest BCUT2D eigenvalue weighted by Crippen LogP contribution is 2.35. The molecular weight excluding hydrogens is 416 g/mol. The molecule has 0 saturated heterocycles. The quantitative estimate of drug-likeness (QED) is 0.415. The highest BCUT2D eigenvalue weighted by molar-refractivity contribution is 6.03. The van der Waals surface area contributed by atoms with Gasteiger partial charge in [0.05, 0.1) is 36.4 Å². The van der Waals surface area contributed by atoms with Crippen LogP contribution >= 0.6 is 0 Å². The third-order valence-electron chi connectivity index (χ3n) is 5.08. The van der Waals surface area contributed by atoms with Crippen molar-refractivity contribution in [3.8, 4) is 23.1 Å². The molecule has 0 bridgehead atoms. The molecule has 164 valence electrons. The summed E-state index contributed by atoms with van der Waals surface area (Å²) in [7, 11) is 3.38. The first-order chi connectivity index (χ1) is 16.0. The number of methoxy groups -OCH3 is 1. The fourth-order valence-corrected chi connectivity index (χ4v) is 3.45. The van der Waals surface area contributed by atoms with Crippen molar-refractivity contribution in [2.24, 2.45) is 7.05 Å². The monoisotopic (exact) mass is 438 g/mol. The fourth-order valence-electron chi connectivity index (χ4n) is 3.45. The van der Waals surface area contributed by atoms with Crippen LogP contribution in [0.5, 0.6) is 5.75 Å². The maximum absolute atomic E-state index is 12.7. The van der Waals surface area contributed by atoms with Crippen LogP contribution in [-0.2, 0) is 7.05 Å². The molecule has 0 radical (unpaired) electrons. The molecule has 4 rings (SSSR count). The number of rotatable bonds is 7. The lowest BCUT2D eigenvalue weighted by molar-refractivity contribution is 0.102. The SMILES string of the molecule is C=C(C#N)CNc1c(OC)ccc2ccc(-c3cccc(C(=O)Nc4cnn(C)c4)n3)cc12. The standard InChI is InChI=1S/C25H22N6O2/c1-16(12-26)13-27-24-20-11-18(8-7-17(20)9-10-23(24)33-3)21-5-4-6-22(30-21)25(32)29-19-14-28-31(2)15-19/h4-11,14-15,27H,1,13H2,2-3H3,(H,29,32). The molecule has 1 amide bonds. The van der Waals surface area contributed by atoms with E-state index in [0.717, 1.165) is 22.0 Å². The van der Waals surface area contributed by atoms with Crippen molar-refractivity contribution in [1.82, 2.24) is 14.8 Å². The summed E-state index contributed by atoms with van der Waals surface area (Å²) >= 11 is 0. The van der Waals surface area contributed by atoms with E-state index < -0.39 is 0 Å². The molecule has 0 atom stereocenters. The maximum Gasteiger partial charge on any atom is 0.274 e. The number of carbonyl (C=O) groups excluding carboxylic acids is 1. The largest absolute Gasteiger partial charge is 0.495 e. The second-order valence-corrected chi connectivity index (χ2v) is 7.41. The van der Waals surface area contributed by atoms with Crippen molar-refractivity contribution < 1.29 is 9.53 Å². The van der Waals surface area contributed by atoms with Gasteiger partial charge < -0.3 is 15.4 Å². The van der Waals surface area contributed by atoms with Gasteiger partial charge in [0.15, 0.2) is 0 Å². The van der Waals surface area contributed by atoms with Crippen molar-refractivity contribution in [1.29, 1.82) is 5.26 Å². The topological polar surface area (TPSA) is 105 Å². The third-order valence-corrected chi connectivity index (χ3v) is 5.08. The number of hydrogen-bond donors (Lipinski definition) is 2. The second kappa shape index (κ2) is 9.24. The molecule has 2 N–H and O–H groups in total. The molecule has 4 aromatic rings. The Kier molecular flexibility index (Phi) is 6.04. The predicted octanol–water partition coefficient (Wildman–Crippen LogP) is 4.39. The number of nitriles is 1. The summed E-state index contributed by atoms with van der Waals surface area (Å²) in [6.45, 7) is 4.03. The van der Waals surface area contributed by atoms with E-state index >= 15 is 0 Å². The zero-order chi connectivity index (χ0) is 23.4. The van der Waals surface area contributed by atoms with Gasteiger partial charge in [-0.15, -0.1) is 0 Å². The van der Waals surface area contributed by atoms with E-state index in [1.165, 1.54) is 0 Å². The summed E-state index contributed by atoms with van der Waals surface area (Å²) in [4.78, 5) is 17.2. The summed E-state index contributed by atoms with van der Waals surface area (Å²) in [5.74, 6) is 0.340. The average molecular weight is 438 g/mol. The van der Waals surface area contributed by atoms with Gasteiger partial charge in [-0.2, -0.15) is 10.4 Å². The number of benzene rings is 2. The first kappa shape index (κ1) is 21.6. The summed E-state index contributed by atoms with van der Waals surface area (Å²) < 4.78 is 7.13. The molecule has 33 heavy (non-hydrogen) atoms. The summed E-state index contributed by atoms with van der Waals surface area (Å²) in [5, 5.41) is 21.1. The molecule has 0 aliphatic rings. The van der Waals surface area contributed by atoms with Gasteiger partial charge in [-0.05, 0) is 29.7 Å². The lowest BCUT2D eigenvalue weighted by atomic mass is 10.0. The molecule has 0 aliphatic carbocycles. The molecule has 0 fully saturated rings. The van der Waals surface area contributed by atoms with Crippen LogP contribution in [0.25, 0.3) is 22.0 Å². The van der Waals surface area contributed by atoms with E-state index in [4.69, 9.17) is 10.00 Å². The number of fused-ring (bicyclic) bond motifs is 1. The van der Waals surface area contributed by atoms with Gasteiger partial charge in [0.1, 0.15) is 11.4 Å². The van der Waals surface area contributed by atoms with E-state index in [-0.39, 0.29) is 5.91 Å². The lowest BCUT2D eigenvalue weighted by Crippen LogP contribution is -2.13. The second-order valence-electron chi connectivity index (χ2n) is 7.41. The van der Waals surface area contributed by atoms with Crippen LogP contribution in [0.3, 0.4) is 0 Å². The Hall–Kier alpha value is -4.64. The Morgan fingerprint density at radius 2 is 2.06 bits per heavy atom. The Balaban J connectivity index is 1.69. The van der Waals surface area contributed by atoms with E-state index in [2.05, 4.69) is 27.3 Å². The van der Waals surface area contributed by atoms with E-state index in [1.807, 2.05) is 42.5 Å². The number of anilines is 2. The van der Waals surface area contributed by atoms with Crippen LogP contribution in [0.1, 0.15) is 10.5 Å². The molecule has 0 spiro atoms. The smallest absolute Gasteiger partial charge is 0.274 e. The number of pyridine rings is 1. The van der Waals surface area contributed by atoms with Crippen molar-refractivity contribution in [2.45, 2.75) is 0 Å². The van der Waals surface area contributed by atoms with Gasteiger partial charge >= 0.3 is 0 Å². The highest BCUT2D eigenvalue weighted by atomic mass is 16.5. The van der Waals surface area contributed by atoms with Gasteiger partial charge in [0.25, 0.3) is 5.91 Å². The minimum absolute atomic E-state index is 0.297. The van der Waals surface area contributed by atoms with Crippen LogP contribution < -0.4 is 15.4 Å². The molecule has 2 heterocycles. The van der Waals surface area contributed by atoms with E-state index in [1.54, 1.807) is 43.4 Å². The number of aromatic nitrogens is 3. The molecule has 0 aliphatic heterocycles. The summed E-state index contributed by atoms with van der Waals surface area (Å²) in [6.07, 6.45) is 3.29. The van der Waals surface area contributed by atoms with Crippen molar-refractivity contribution >= 4 is 28.1 Å². The van der Waals surface area contributed by atoms with Crippen molar-refractivity contribution in [2.75, 3.05) is 24.3 Å². The first-order valence-corrected chi connectivity index (χ1v) is 10.2. The molecular formula is C25H22N6O2. The van der Waals surface area contributed by atoms with E-state index in [0.29, 0.717) is 34.9 Å². The van der Waals surface area contributed by atoms with Gasteiger partial charge in [0, 0.05) is 36.3 Å². The predicted molar refractivity (Wildman–Crippen MR) is 128 cm³/mol. The zero-order valence-electron chi connectivity index (χ0n) is 18.3. The van der Waals surface area contributed by atoms with Crippen molar-refractivity contribution in [3.63, 3.8) is 0 Å². The first-order valence-electron chi connectivity index (χ1n) is 10.2. The molecule has 0 unspecified atom stereocenters. The normalized spacial score (nSPS) is 10.5. The summed E-state index contributed by atoms with van der Waals surface area (Å²) in [5.41, 5.74) is 3.57. The average Bonchev–Trinajstić information content (AvgIpc) is 3.26. The molecule has 8 heteroatoms. The Morgan fingerprint density at radius 1 is 1.24 bits per heavy atom. The number of nitrogens with one attached hydrogen (secondary N) is 2. The fraction of sp³-hybridized carbons (Fsp3) is 0.120. The molecule has 2 aromatic heterocycles. The van der Waals surface area contributed by atoms with E-state index in [9.17, 15) is 4.79 Å². The number of carbonyl (C=O) groups is 1. The number of ether oxygens (including phenoxy) is 1. The van der Waals surface area contributed by atoms with Gasteiger partial charge in [-0.25, -0.2) is 4.98 Å². The summed E-state index contributed by atoms with van der Waals surface area (Å²) in [6, 6.07) is 17.1. The third kappa shape index (κ3) is 4.67. The zero-order valence-corrected chi connectivity index (χ0v) is 18.3. The highest BCUT2D eigenvalue weighted by Gasteiger charge is 2.13. The minimum atomic E-state index is -0.315. The van der Waals surface area contributed by atoms with Gasteiger partial charge in [-0.1, -0.05) is 30.8 Å². The Bertz CT molecular complexity index is 1400. The number of hydrogen-bond acceptors (Lipinski definition) is 6. The maximum atomic E-state index is 12.7. The van der Waals surface area contributed by atoms with Crippen LogP contribution in [0.4, 0.5) is 11.4 Å². The van der Waals surface area contributed by atoms with Crippen LogP contribution in [-0.4, -0.2) is 34.3 Å². The molecule has 0 saturated carbocycles. The Labute approximate surface area is 191 Å². The number of amides is 1. The number of nitrogens with zero attached hydrogens (tertiary/aromatic N) is 4.